The van der Waals surface area contributed by atoms with Crippen LogP contribution in [0.3, 0.4) is 0 Å². The Hall–Kier alpha value is -2.65. The van der Waals surface area contributed by atoms with Crippen LogP contribution >= 0.6 is 23.2 Å². The van der Waals surface area contributed by atoms with Gasteiger partial charge in [0.25, 0.3) is 0 Å². The maximum absolute atomic E-state index is 13.7. The molecule has 1 heterocycles. The number of carbonyl (C=O) groups is 1. The lowest BCUT2D eigenvalue weighted by atomic mass is 10.1. The summed E-state index contributed by atoms with van der Waals surface area (Å²) < 4.78 is 68.5. The van der Waals surface area contributed by atoms with Crippen molar-refractivity contribution in [2.45, 2.75) is 13.0 Å². The van der Waals surface area contributed by atoms with Crippen molar-refractivity contribution < 1.29 is 26.7 Å². The number of anilines is 1. The van der Waals surface area contributed by atoms with Gasteiger partial charge < -0.3 is 5.32 Å². The number of carbonyl (C=O) groups excluding carboxylic acids is 1. The Labute approximate surface area is 170 Å². The highest BCUT2D eigenvalue weighted by molar-refractivity contribution is 6.35. The minimum absolute atomic E-state index is 0.126. The second-order valence-electron chi connectivity index (χ2n) is 5.88. The number of hydrogen-bond donors (Lipinski definition) is 1. The summed E-state index contributed by atoms with van der Waals surface area (Å²) in [6, 6.07) is 6.16. The van der Waals surface area contributed by atoms with Crippen LogP contribution in [0.5, 0.6) is 0 Å². The van der Waals surface area contributed by atoms with Gasteiger partial charge in [-0.25, -0.2) is 26.6 Å². The van der Waals surface area contributed by atoms with Crippen LogP contribution in [0.2, 0.25) is 10.0 Å². The molecule has 0 aliphatic carbocycles. The van der Waals surface area contributed by atoms with Gasteiger partial charge in [0.2, 0.25) is 11.7 Å². The summed E-state index contributed by atoms with van der Waals surface area (Å²) in [6.45, 7) is 0.126. The Morgan fingerprint density at radius 3 is 2.21 bits per heavy atom. The molecule has 11 heteroatoms. The Morgan fingerprint density at radius 2 is 1.59 bits per heavy atom. The molecule has 0 saturated heterocycles. The van der Waals surface area contributed by atoms with Gasteiger partial charge >= 0.3 is 0 Å². The van der Waals surface area contributed by atoms with Gasteiger partial charge in [0, 0.05) is 21.7 Å². The SMILES string of the molecule is O=C(Cc1c(F)c(F)c(F)c(F)c1F)Nc1ccnn1Cc1ccc(Cl)cc1Cl. The van der Waals surface area contributed by atoms with Crippen molar-refractivity contribution in [1.82, 2.24) is 9.78 Å². The van der Waals surface area contributed by atoms with Crippen molar-refractivity contribution >= 4 is 34.9 Å². The maximum Gasteiger partial charge on any atom is 0.230 e. The number of aromatic nitrogens is 2. The summed E-state index contributed by atoms with van der Waals surface area (Å²) in [4.78, 5) is 12.1. The molecule has 0 saturated carbocycles. The maximum atomic E-state index is 13.7. The Morgan fingerprint density at radius 1 is 0.966 bits per heavy atom. The van der Waals surface area contributed by atoms with E-state index in [1.54, 1.807) is 12.1 Å². The quantitative estimate of drug-likeness (QED) is 0.334. The van der Waals surface area contributed by atoms with E-state index in [1.807, 2.05) is 0 Å². The van der Waals surface area contributed by atoms with Gasteiger partial charge in [-0.3, -0.25) is 4.79 Å². The highest BCUT2D eigenvalue weighted by atomic mass is 35.5. The zero-order valence-electron chi connectivity index (χ0n) is 14.2. The molecule has 1 amide bonds. The molecule has 3 rings (SSSR count). The third-order valence-corrected chi connectivity index (χ3v) is 4.54. The number of nitrogens with one attached hydrogen (secondary N) is 1. The van der Waals surface area contributed by atoms with Crippen LogP contribution in [-0.2, 0) is 17.8 Å². The summed E-state index contributed by atoms with van der Waals surface area (Å²) in [7, 11) is 0. The fourth-order valence-corrected chi connectivity index (χ4v) is 3.00. The highest BCUT2D eigenvalue weighted by Crippen LogP contribution is 2.25. The molecule has 0 aliphatic rings. The fraction of sp³-hybridized carbons (Fsp3) is 0.111. The van der Waals surface area contributed by atoms with E-state index in [0.717, 1.165) is 0 Å². The van der Waals surface area contributed by atoms with Crippen LogP contribution in [0.4, 0.5) is 27.8 Å². The predicted molar refractivity (Wildman–Crippen MR) is 96.4 cm³/mol. The van der Waals surface area contributed by atoms with Crippen molar-refractivity contribution in [2.24, 2.45) is 0 Å². The molecule has 0 spiro atoms. The molecule has 0 fully saturated rings. The van der Waals surface area contributed by atoms with Gasteiger partial charge in [0.05, 0.1) is 19.2 Å². The normalized spacial score (nSPS) is 11.0. The summed E-state index contributed by atoms with van der Waals surface area (Å²) >= 11 is 11.9. The van der Waals surface area contributed by atoms with E-state index in [0.29, 0.717) is 15.6 Å². The molecule has 0 unspecified atom stereocenters. The second kappa shape index (κ2) is 8.38. The van der Waals surface area contributed by atoms with E-state index in [9.17, 15) is 26.7 Å². The first-order valence-electron chi connectivity index (χ1n) is 7.95. The summed E-state index contributed by atoms with van der Waals surface area (Å²) in [5, 5.41) is 7.10. The summed E-state index contributed by atoms with van der Waals surface area (Å²) in [5.41, 5.74) is -0.610. The summed E-state index contributed by atoms with van der Waals surface area (Å²) in [6.07, 6.45) is 0.274. The monoisotopic (exact) mass is 449 g/mol. The van der Waals surface area contributed by atoms with E-state index >= 15 is 0 Å². The third-order valence-electron chi connectivity index (χ3n) is 3.96. The van der Waals surface area contributed by atoms with Gasteiger partial charge in [0.1, 0.15) is 5.82 Å². The molecule has 29 heavy (non-hydrogen) atoms. The van der Waals surface area contributed by atoms with Crippen LogP contribution in [0.1, 0.15) is 11.1 Å². The van der Waals surface area contributed by atoms with Crippen molar-refractivity contribution in [2.75, 3.05) is 5.32 Å². The average molecular weight is 450 g/mol. The lowest BCUT2D eigenvalue weighted by Crippen LogP contribution is -2.20. The van der Waals surface area contributed by atoms with Crippen LogP contribution in [0.25, 0.3) is 0 Å². The Bertz CT molecular complexity index is 1070. The largest absolute Gasteiger partial charge is 0.311 e. The number of nitrogens with zero attached hydrogens (tertiary/aromatic N) is 2. The number of benzene rings is 2. The zero-order valence-corrected chi connectivity index (χ0v) is 15.8. The number of halogens is 7. The molecule has 1 N–H and O–H groups in total. The topological polar surface area (TPSA) is 46.9 Å². The minimum atomic E-state index is -2.29. The number of amides is 1. The lowest BCUT2D eigenvalue weighted by molar-refractivity contribution is -0.115. The van der Waals surface area contributed by atoms with E-state index in [-0.39, 0.29) is 12.4 Å². The van der Waals surface area contributed by atoms with Gasteiger partial charge in [-0.1, -0.05) is 29.3 Å². The molecule has 3 aromatic rings. The molecule has 0 radical (unpaired) electrons. The van der Waals surface area contributed by atoms with Crippen molar-refractivity contribution in [3.05, 3.63) is 80.7 Å². The molecular weight excluding hydrogens is 440 g/mol. The van der Waals surface area contributed by atoms with Crippen molar-refractivity contribution in [3.8, 4) is 0 Å². The molecule has 0 aliphatic heterocycles. The number of hydrogen-bond acceptors (Lipinski definition) is 2. The van der Waals surface area contributed by atoms with Gasteiger partial charge in [-0.2, -0.15) is 5.10 Å². The lowest BCUT2D eigenvalue weighted by Gasteiger charge is -2.11. The van der Waals surface area contributed by atoms with Gasteiger partial charge in [-0.05, 0) is 17.7 Å². The fourth-order valence-electron chi connectivity index (χ4n) is 2.53. The first-order chi connectivity index (χ1) is 13.7. The molecule has 2 aromatic carbocycles. The van der Waals surface area contributed by atoms with E-state index in [1.165, 1.54) is 23.0 Å². The third kappa shape index (κ3) is 4.35. The Kier molecular flexibility index (Phi) is 6.09. The molecule has 1 aromatic heterocycles. The van der Waals surface area contributed by atoms with Gasteiger partial charge in [-0.15, -0.1) is 0 Å². The molecule has 4 nitrogen and oxygen atoms in total. The van der Waals surface area contributed by atoms with E-state index < -0.39 is 47.0 Å². The smallest absolute Gasteiger partial charge is 0.230 e. The molecule has 0 atom stereocenters. The molecular formula is C18H10Cl2F5N3O. The number of rotatable bonds is 5. The zero-order chi connectivity index (χ0) is 21.3. The first-order valence-corrected chi connectivity index (χ1v) is 8.70. The highest BCUT2D eigenvalue weighted by Gasteiger charge is 2.27. The molecule has 152 valence electrons. The first kappa shape index (κ1) is 21.1. The Balaban J connectivity index is 1.79. The van der Waals surface area contributed by atoms with Crippen LogP contribution in [0.15, 0.2) is 30.5 Å². The van der Waals surface area contributed by atoms with E-state index in [2.05, 4.69) is 10.4 Å². The second-order valence-corrected chi connectivity index (χ2v) is 6.73. The van der Waals surface area contributed by atoms with Crippen LogP contribution in [0, 0.1) is 29.1 Å². The summed E-state index contributed by atoms with van der Waals surface area (Å²) in [5.74, 6) is -11.5. The van der Waals surface area contributed by atoms with E-state index in [4.69, 9.17) is 23.2 Å². The molecule has 0 bridgehead atoms. The standard InChI is InChI=1S/C18H10Cl2F5N3O/c19-9-2-1-8(11(20)5-9)7-28-12(3-4-26-28)27-13(29)6-10-14(21)16(23)18(25)17(24)15(10)22/h1-5H,6-7H2,(H,27,29). The van der Waals surface area contributed by atoms with Crippen molar-refractivity contribution in [1.29, 1.82) is 0 Å². The van der Waals surface area contributed by atoms with Gasteiger partial charge in [0.15, 0.2) is 23.3 Å². The average Bonchev–Trinajstić information content (AvgIpc) is 3.11. The predicted octanol–water partition coefficient (Wildman–Crippen LogP) is 5.11. The van der Waals surface area contributed by atoms with Crippen LogP contribution < -0.4 is 5.32 Å². The van der Waals surface area contributed by atoms with Crippen LogP contribution in [-0.4, -0.2) is 15.7 Å². The van der Waals surface area contributed by atoms with Crippen molar-refractivity contribution in [3.63, 3.8) is 0 Å². The minimum Gasteiger partial charge on any atom is -0.311 e.